The summed E-state index contributed by atoms with van der Waals surface area (Å²) in [6.07, 6.45) is -1.20. The number of hydrogen-bond donors (Lipinski definition) is 1. The van der Waals surface area contributed by atoms with Gasteiger partial charge in [0.25, 0.3) is 0 Å². The van der Waals surface area contributed by atoms with E-state index in [1.807, 2.05) is 0 Å². The van der Waals surface area contributed by atoms with E-state index in [-0.39, 0.29) is 0 Å². The topological polar surface area (TPSA) is 15.3 Å². The second kappa shape index (κ2) is 7.01. The highest BCUT2D eigenvalue weighted by atomic mass is 19.4. The number of hydrogen-bond acceptors (Lipinski definition) is 2. The summed E-state index contributed by atoms with van der Waals surface area (Å²) in [6, 6.07) is 6.58. The van der Waals surface area contributed by atoms with Gasteiger partial charge in [0.1, 0.15) is 0 Å². The Morgan fingerprint density at radius 2 is 1.77 bits per heavy atom. The third-order valence-electron chi connectivity index (χ3n) is 4.66. The van der Waals surface area contributed by atoms with Crippen molar-refractivity contribution in [1.29, 1.82) is 0 Å². The number of likely N-dealkylation sites (N-methyl/N-ethyl adjacent to an activating group) is 2. The smallest absolute Gasteiger partial charge is 0.313 e. The molecule has 0 aliphatic heterocycles. The molecule has 2 rings (SSSR count). The molecule has 1 saturated carbocycles. The molecule has 5 heteroatoms. The summed E-state index contributed by atoms with van der Waals surface area (Å²) in [5, 5.41) is 3.53. The van der Waals surface area contributed by atoms with Crippen molar-refractivity contribution in [3.8, 4) is 0 Å². The highest BCUT2D eigenvalue weighted by molar-refractivity contribution is 5.28. The SMILES string of the molecule is CCN[C@H]1CC[C@H](c2ccc(C(F)(F)F)cc2)C[C@@H]1N(C)C. The Morgan fingerprint density at radius 3 is 2.27 bits per heavy atom. The van der Waals surface area contributed by atoms with Crippen molar-refractivity contribution < 1.29 is 13.2 Å². The van der Waals surface area contributed by atoms with Gasteiger partial charge in [-0.1, -0.05) is 19.1 Å². The quantitative estimate of drug-likeness (QED) is 0.907. The van der Waals surface area contributed by atoms with Gasteiger partial charge in [-0.25, -0.2) is 0 Å². The predicted molar refractivity (Wildman–Crippen MR) is 83.0 cm³/mol. The summed E-state index contributed by atoms with van der Waals surface area (Å²) >= 11 is 0. The lowest BCUT2D eigenvalue weighted by molar-refractivity contribution is -0.137. The van der Waals surface area contributed by atoms with E-state index in [4.69, 9.17) is 0 Å². The summed E-state index contributed by atoms with van der Waals surface area (Å²) in [7, 11) is 4.15. The third kappa shape index (κ3) is 4.02. The summed E-state index contributed by atoms with van der Waals surface area (Å²) in [5.74, 6) is 0.338. The molecular formula is C17H25F3N2. The van der Waals surface area contributed by atoms with Crippen molar-refractivity contribution in [2.75, 3.05) is 20.6 Å². The standard InChI is InChI=1S/C17H25F3N2/c1-4-21-15-10-7-13(11-16(15)22(2)3)12-5-8-14(9-6-12)17(18,19)20/h5-6,8-9,13,15-16,21H,4,7,10-11H2,1-3H3/t13-,15-,16-/m0/s1. The zero-order chi connectivity index (χ0) is 16.3. The second-order valence-electron chi connectivity index (χ2n) is 6.32. The van der Waals surface area contributed by atoms with E-state index in [0.29, 0.717) is 18.0 Å². The fraction of sp³-hybridized carbons (Fsp3) is 0.647. The maximum Gasteiger partial charge on any atom is 0.416 e. The van der Waals surface area contributed by atoms with Crippen LogP contribution in [0.5, 0.6) is 0 Å². The first kappa shape index (κ1) is 17.3. The van der Waals surface area contributed by atoms with Gasteiger partial charge in [0.15, 0.2) is 0 Å². The van der Waals surface area contributed by atoms with E-state index in [1.54, 1.807) is 12.1 Å². The molecule has 22 heavy (non-hydrogen) atoms. The van der Waals surface area contributed by atoms with Crippen molar-refractivity contribution in [2.24, 2.45) is 0 Å². The van der Waals surface area contributed by atoms with Crippen LogP contribution >= 0.6 is 0 Å². The van der Waals surface area contributed by atoms with Crippen LogP contribution in [0.2, 0.25) is 0 Å². The number of benzene rings is 1. The molecule has 1 aromatic carbocycles. The van der Waals surface area contributed by atoms with E-state index in [2.05, 4.69) is 31.2 Å². The summed E-state index contributed by atoms with van der Waals surface area (Å²) in [5.41, 5.74) is 0.455. The first-order valence-corrected chi connectivity index (χ1v) is 7.90. The summed E-state index contributed by atoms with van der Waals surface area (Å²) < 4.78 is 38.0. The number of rotatable bonds is 4. The zero-order valence-corrected chi connectivity index (χ0v) is 13.5. The average Bonchev–Trinajstić information content (AvgIpc) is 2.47. The molecule has 1 aliphatic rings. The predicted octanol–water partition coefficient (Wildman–Crippen LogP) is 3.88. The monoisotopic (exact) mass is 314 g/mol. The molecule has 3 atom stereocenters. The molecule has 0 spiro atoms. The minimum absolute atomic E-state index is 0.338. The van der Waals surface area contributed by atoms with E-state index in [1.165, 1.54) is 12.1 Å². The van der Waals surface area contributed by atoms with Gasteiger partial charge in [-0.15, -0.1) is 0 Å². The highest BCUT2D eigenvalue weighted by Crippen LogP contribution is 2.36. The molecule has 0 radical (unpaired) electrons. The van der Waals surface area contributed by atoms with Gasteiger partial charge in [0.05, 0.1) is 5.56 Å². The first-order chi connectivity index (χ1) is 10.3. The second-order valence-corrected chi connectivity index (χ2v) is 6.32. The van der Waals surface area contributed by atoms with Crippen LogP contribution in [0.25, 0.3) is 0 Å². The molecule has 1 aliphatic carbocycles. The molecule has 1 N–H and O–H groups in total. The Morgan fingerprint density at radius 1 is 1.14 bits per heavy atom. The van der Waals surface area contributed by atoms with Crippen LogP contribution in [0.1, 0.15) is 43.2 Å². The minimum Gasteiger partial charge on any atom is -0.313 e. The van der Waals surface area contributed by atoms with E-state index in [0.717, 1.165) is 31.4 Å². The number of nitrogens with zero attached hydrogens (tertiary/aromatic N) is 1. The molecule has 0 unspecified atom stereocenters. The van der Waals surface area contributed by atoms with Crippen LogP contribution in [0, 0.1) is 0 Å². The van der Waals surface area contributed by atoms with E-state index < -0.39 is 11.7 Å². The highest BCUT2D eigenvalue weighted by Gasteiger charge is 2.33. The first-order valence-electron chi connectivity index (χ1n) is 7.90. The number of nitrogens with one attached hydrogen (secondary N) is 1. The zero-order valence-electron chi connectivity index (χ0n) is 13.5. The molecule has 1 aromatic rings. The van der Waals surface area contributed by atoms with Gasteiger partial charge in [0.2, 0.25) is 0 Å². The maximum atomic E-state index is 12.7. The van der Waals surface area contributed by atoms with Crippen molar-refractivity contribution in [1.82, 2.24) is 10.2 Å². The molecule has 0 heterocycles. The molecular weight excluding hydrogens is 289 g/mol. The van der Waals surface area contributed by atoms with Crippen LogP contribution in [-0.4, -0.2) is 37.6 Å². The lowest BCUT2D eigenvalue weighted by Crippen LogP contribution is -2.50. The Bertz CT molecular complexity index is 468. The Balaban J connectivity index is 2.10. The van der Waals surface area contributed by atoms with Crippen LogP contribution in [0.3, 0.4) is 0 Å². The molecule has 0 aromatic heterocycles. The average molecular weight is 314 g/mol. The Kier molecular flexibility index (Phi) is 5.50. The van der Waals surface area contributed by atoms with E-state index >= 15 is 0 Å². The third-order valence-corrected chi connectivity index (χ3v) is 4.66. The van der Waals surface area contributed by atoms with Gasteiger partial charge >= 0.3 is 6.18 Å². The van der Waals surface area contributed by atoms with E-state index in [9.17, 15) is 13.2 Å². The van der Waals surface area contributed by atoms with Crippen molar-refractivity contribution in [2.45, 2.75) is 50.4 Å². The summed E-state index contributed by atoms with van der Waals surface area (Å²) in [4.78, 5) is 2.23. The van der Waals surface area contributed by atoms with Gasteiger partial charge < -0.3 is 10.2 Å². The lowest BCUT2D eigenvalue weighted by Gasteiger charge is -2.40. The molecule has 0 amide bonds. The van der Waals surface area contributed by atoms with Crippen LogP contribution < -0.4 is 5.32 Å². The Hall–Kier alpha value is -1.07. The number of alkyl halides is 3. The largest absolute Gasteiger partial charge is 0.416 e. The molecule has 1 fully saturated rings. The molecule has 0 bridgehead atoms. The molecule has 0 saturated heterocycles. The van der Waals surface area contributed by atoms with Crippen LogP contribution in [0.15, 0.2) is 24.3 Å². The fourth-order valence-electron chi connectivity index (χ4n) is 3.46. The molecule has 2 nitrogen and oxygen atoms in total. The lowest BCUT2D eigenvalue weighted by atomic mass is 9.78. The van der Waals surface area contributed by atoms with Crippen LogP contribution in [-0.2, 0) is 6.18 Å². The van der Waals surface area contributed by atoms with Gasteiger partial charge in [-0.3, -0.25) is 0 Å². The Labute approximate surface area is 130 Å². The van der Waals surface area contributed by atoms with Crippen molar-refractivity contribution in [3.05, 3.63) is 35.4 Å². The van der Waals surface area contributed by atoms with Gasteiger partial charge in [0, 0.05) is 12.1 Å². The number of halogens is 3. The normalized spacial score (nSPS) is 26.4. The van der Waals surface area contributed by atoms with Crippen LogP contribution in [0.4, 0.5) is 13.2 Å². The maximum absolute atomic E-state index is 12.7. The van der Waals surface area contributed by atoms with Crippen molar-refractivity contribution >= 4 is 0 Å². The molecule has 124 valence electrons. The summed E-state index contributed by atoms with van der Waals surface area (Å²) in [6.45, 7) is 3.05. The van der Waals surface area contributed by atoms with Gasteiger partial charge in [-0.2, -0.15) is 13.2 Å². The van der Waals surface area contributed by atoms with Gasteiger partial charge in [-0.05, 0) is 63.5 Å². The minimum atomic E-state index is -4.26. The van der Waals surface area contributed by atoms with Crippen molar-refractivity contribution in [3.63, 3.8) is 0 Å². The fourth-order valence-corrected chi connectivity index (χ4v) is 3.46.